The third kappa shape index (κ3) is 3.78. The maximum absolute atomic E-state index is 13.2. The van der Waals surface area contributed by atoms with E-state index in [1.807, 2.05) is 43.3 Å². The molecule has 2 aromatic rings. The van der Waals surface area contributed by atoms with E-state index in [0.29, 0.717) is 11.3 Å². The molecule has 2 aliphatic rings. The van der Waals surface area contributed by atoms with Gasteiger partial charge < -0.3 is 19.6 Å². The fourth-order valence-corrected chi connectivity index (χ4v) is 4.62. The van der Waals surface area contributed by atoms with Crippen molar-refractivity contribution in [1.82, 2.24) is 4.90 Å². The molecule has 0 spiro atoms. The van der Waals surface area contributed by atoms with Gasteiger partial charge in [0.2, 0.25) is 0 Å². The molecule has 6 nitrogen and oxygen atoms in total. The van der Waals surface area contributed by atoms with E-state index in [0.717, 1.165) is 36.9 Å². The molecule has 31 heavy (non-hydrogen) atoms. The standard InChI is InChI=1S/C25H28N2O4/c1-26(2)18-13-11-16(12-14-18)22-21(23(28)17-7-6-10-20(15-17)31-3)24(29)25(30)27(22)19-8-4-5-9-19/h6-7,10-15,19,22,28H,4-5,8-9H2,1-3H3/b23-21-. The largest absolute Gasteiger partial charge is 0.507 e. The molecule has 0 radical (unpaired) electrons. The number of anilines is 1. The van der Waals surface area contributed by atoms with Gasteiger partial charge in [-0.15, -0.1) is 0 Å². The highest BCUT2D eigenvalue weighted by atomic mass is 16.5. The minimum atomic E-state index is -0.631. The SMILES string of the molecule is COc1cccc(/C(O)=C2/C(=O)C(=O)N(C3CCCC3)C2c2ccc(N(C)C)cc2)c1. The summed E-state index contributed by atoms with van der Waals surface area (Å²) in [6, 6.07) is 14.1. The van der Waals surface area contributed by atoms with Gasteiger partial charge in [-0.3, -0.25) is 9.59 Å². The predicted octanol–water partition coefficient (Wildman–Crippen LogP) is 4.13. The Kier molecular flexibility index (Phi) is 5.72. The van der Waals surface area contributed by atoms with Crippen molar-refractivity contribution < 1.29 is 19.4 Å². The van der Waals surface area contributed by atoms with Crippen molar-refractivity contribution in [3.8, 4) is 5.75 Å². The van der Waals surface area contributed by atoms with Crippen LogP contribution in [0.1, 0.15) is 42.9 Å². The molecule has 1 amide bonds. The Labute approximate surface area is 182 Å². The molecule has 0 bridgehead atoms. The number of rotatable bonds is 5. The van der Waals surface area contributed by atoms with Crippen molar-refractivity contribution in [2.75, 3.05) is 26.1 Å². The van der Waals surface area contributed by atoms with Crippen LogP contribution in [0.25, 0.3) is 5.76 Å². The van der Waals surface area contributed by atoms with E-state index in [1.165, 1.54) is 0 Å². The highest BCUT2D eigenvalue weighted by molar-refractivity contribution is 6.46. The van der Waals surface area contributed by atoms with Gasteiger partial charge in [-0.05, 0) is 42.7 Å². The van der Waals surface area contributed by atoms with Gasteiger partial charge in [0.25, 0.3) is 11.7 Å². The van der Waals surface area contributed by atoms with Crippen molar-refractivity contribution in [3.63, 3.8) is 0 Å². The van der Waals surface area contributed by atoms with Crippen LogP contribution in [0.2, 0.25) is 0 Å². The Morgan fingerprint density at radius 2 is 1.74 bits per heavy atom. The lowest BCUT2D eigenvalue weighted by Crippen LogP contribution is -2.37. The van der Waals surface area contributed by atoms with E-state index in [2.05, 4.69) is 0 Å². The molecule has 1 heterocycles. The third-order valence-corrected chi connectivity index (χ3v) is 6.27. The van der Waals surface area contributed by atoms with Crippen LogP contribution in [0.5, 0.6) is 5.75 Å². The quantitative estimate of drug-likeness (QED) is 0.448. The summed E-state index contributed by atoms with van der Waals surface area (Å²) in [4.78, 5) is 30.0. The Balaban J connectivity index is 1.86. The Bertz CT molecular complexity index is 1020. The Morgan fingerprint density at radius 1 is 1.06 bits per heavy atom. The molecule has 2 aromatic carbocycles. The van der Waals surface area contributed by atoms with E-state index in [9.17, 15) is 14.7 Å². The third-order valence-electron chi connectivity index (χ3n) is 6.27. The predicted molar refractivity (Wildman–Crippen MR) is 120 cm³/mol. The summed E-state index contributed by atoms with van der Waals surface area (Å²) >= 11 is 0. The van der Waals surface area contributed by atoms with Crippen molar-refractivity contribution in [3.05, 3.63) is 65.2 Å². The first-order valence-electron chi connectivity index (χ1n) is 10.6. The van der Waals surface area contributed by atoms with Gasteiger partial charge in [-0.2, -0.15) is 0 Å². The number of aliphatic hydroxyl groups is 1. The normalized spacial score (nSPS) is 21.0. The van der Waals surface area contributed by atoms with E-state index in [-0.39, 0.29) is 17.4 Å². The number of hydrogen-bond acceptors (Lipinski definition) is 5. The zero-order chi connectivity index (χ0) is 22.1. The van der Waals surface area contributed by atoms with Crippen molar-refractivity contribution >= 4 is 23.1 Å². The van der Waals surface area contributed by atoms with Crippen LogP contribution in [0.4, 0.5) is 5.69 Å². The molecular weight excluding hydrogens is 392 g/mol. The van der Waals surface area contributed by atoms with Crippen molar-refractivity contribution in [1.29, 1.82) is 0 Å². The lowest BCUT2D eigenvalue weighted by molar-refractivity contribution is -0.141. The molecule has 1 aliphatic heterocycles. The lowest BCUT2D eigenvalue weighted by Gasteiger charge is -2.31. The van der Waals surface area contributed by atoms with Gasteiger partial charge in [0.1, 0.15) is 11.5 Å². The summed E-state index contributed by atoms with van der Waals surface area (Å²) in [7, 11) is 5.47. The van der Waals surface area contributed by atoms with Crippen LogP contribution in [0, 0.1) is 0 Å². The number of Topliss-reactive ketones (excluding diaryl/α,β-unsaturated/α-hetero) is 1. The maximum Gasteiger partial charge on any atom is 0.295 e. The molecule has 1 aliphatic carbocycles. The summed E-state index contributed by atoms with van der Waals surface area (Å²) in [5.74, 6) is -0.757. The van der Waals surface area contributed by atoms with Crippen molar-refractivity contribution in [2.45, 2.75) is 37.8 Å². The van der Waals surface area contributed by atoms with E-state index >= 15 is 0 Å². The Morgan fingerprint density at radius 3 is 2.35 bits per heavy atom. The summed E-state index contributed by atoms with van der Waals surface area (Å²) in [6.45, 7) is 0. The average Bonchev–Trinajstić information content (AvgIpc) is 3.40. The molecule has 1 atom stereocenters. The number of aliphatic hydroxyl groups excluding tert-OH is 1. The summed E-state index contributed by atoms with van der Waals surface area (Å²) < 4.78 is 5.26. The fourth-order valence-electron chi connectivity index (χ4n) is 4.62. The summed E-state index contributed by atoms with van der Waals surface area (Å²) in [5, 5.41) is 11.2. The topological polar surface area (TPSA) is 70.1 Å². The van der Waals surface area contributed by atoms with Crippen LogP contribution in [-0.2, 0) is 9.59 Å². The molecule has 1 unspecified atom stereocenters. The molecule has 1 saturated carbocycles. The average molecular weight is 421 g/mol. The number of carbonyl (C=O) groups is 2. The van der Waals surface area contributed by atoms with Gasteiger partial charge in [-0.1, -0.05) is 37.1 Å². The highest BCUT2D eigenvalue weighted by Crippen LogP contribution is 2.43. The monoisotopic (exact) mass is 420 g/mol. The van der Waals surface area contributed by atoms with E-state index in [4.69, 9.17) is 4.74 Å². The first-order chi connectivity index (χ1) is 14.9. The molecular formula is C25H28N2O4. The number of hydrogen-bond donors (Lipinski definition) is 1. The van der Waals surface area contributed by atoms with Crippen LogP contribution in [-0.4, -0.2) is 48.9 Å². The van der Waals surface area contributed by atoms with Gasteiger partial charge in [0.15, 0.2) is 0 Å². The van der Waals surface area contributed by atoms with E-state index in [1.54, 1.807) is 36.3 Å². The number of nitrogens with zero attached hydrogens (tertiary/aromatic N) is 2. The van der Waals surface area contributed by atoms with Crippen LogP contribution >= 0.6 is 0 Å². The van der Waals surface area contributed by atoms with E-state index < -0.39 is 17.7 Å². The number of likely N-dealkylation sites (tertiary alicyclic amines) is 1. The van der Waals surface area contributed by atoms with Crippen LogP contribution in [0.3, 0.4) is 0 Å². The number of ether oxygens (including phenoxy) is 1. The summed E-state index contributed by atoms with van der Waals surface area (Å²) in [5.41, 5.74) is 2.44. The molecule has 4 rings (SSSR count). The fraction of sp³-hybridized carbons (Fsp3) is 0.360. The minimum absolute atomic E-state index is 0.00517. The number of benzene rings is 2. The number of carbonyl (C=O) groups excluding carboxylic acids is 2. The first kappa shape index (κ1) is 21.0. The van der Waals surface area contributed by atoms with Gasteiger partial charge in [-0.25, -0.2) is 0 Å². The molecule has 0 aromatic heterocycles. The van der Waals surface area contributed by atoms with Gasteiger partial charge >= 0.3 is 0 Å². The highest BCUT2D eigenvalue weighted by Gasteiger charge is 2.49. The van der Waals surface area contributed by atoms with Gasteiger partial charge in [0.05, 0.1) is 18.7 Å². The first-order valence-corrected chi connectivity index (χ1v) is 10.6. The second kappa shape index (κ2) is 8.46. The second-order valence-corrected chi connectivity index (χ2v) is 8.36. The zero-order valence-corrected chi connectivity index (χ0v) is 18.2. The lowest BCUT2D eigenvalue weighted by atomic mass is 9.94. The second-order valence-electron chi connectivity index (χ2n) is 8.36. The van der Waals surface area contributed by atoms with Crippen molar-refractivity contribution in [2.24, 2.45) is 0 Å². The summed E-state index contributed by atoms with van der Waals surface area (Å²) in [6.07, 6.45) is 3.82. The van der Waals surface area contributed by atoms with Crippen LogP contribution in [0.15, 0.2) is 54.1 Å². The zero-order valence-electron chi connectivity index (χ0n) is 18.2. The minimum Gasteiger partial charge on any atom is -0.507 e. The van der Waals surface area contributed by atoms with Gasteiger partial charge in [0, 0.05) is 31.4 Å². The maximum atomic E-state index is 13.2. The van der Waals surface area contributed by atoms with Crippen LogP contribution < -0.4 is 9.64 Å². The number of methoxy groups -OCH3 is 1. The number of amides is 1. The Hall–Kier alpha value is -3.28. The molecule has 2 fully saturated rings. The number of ketones is 1. The molecule has 6 heteroatoms. The molecule has 1 N–H and O–H groups in total. The molecule has 1 saturated heterocycles. The molecule has 162 valence electrons. The smallest absolute Gasteiger partial charge is 0.295 e.